The highest BCUT2D eigenvalue weighted by Gasteiger charge is 2.27. The van der Waals surface area contributed by atoms with Crippen LogP contribution in [0.4, 0.5) is 0 Å². The zero-order valence-corrected chi connectivity index (χ0v) is 15.5. The molecule has 0 unspecified atom stereocenters. The van der Waals surface area contributed by atoms with E-state index in [1.807, 2.05) is 29.1 Å². The van der Waals surface area contributed by atoms with E-state index >= 15 is 0 Å². The van der Waals surface area contributed by atoms with Gasteiger partial charge in [0.2, 0.25) is 0 Å². The van der Waals surface area contributed by atoms with Crippen molar-refractivity contribution >= 4 is 0 Å². The van der Waals surface area contributed by atoms with Crippen molar-refractivity contribution in [1.82, 2.24) is 34.8 Å². The third-order valence-electron chi connectivity index (χ3n) is 5.67. The average molecular weight is 363 g/mol. The third-order valence-corrected chi connectivity index (χ3v) is 5.67. The number of nitrogens with one attached hydrogen (secondary N) is 1. The Bertz CT molecular complexity index is 890. The van der Waals surface area contributed by atoms with E-state index in [-0.39, 0.29) is 0 Å². The van der Waals surface area contributed by atoms with Crippen molar-refractivity contribution in [3.05, 3.63) is 59.9 Å². The van der Waals surface area contributed by atoms with Crippen molar-refractivity contribution in [1.29, 1.82) is 0 Å². The fourth-order valence-electron chi connectivity index (χ4n) is 4.19. The SMILES string of the molecule is c1ccc(-n2cc(CN3CCC(c4nnc5n4CCNC5)CC3)cn2)cc1. The van der Waals surface area contributed by atoms with E-state index in [4.69, 9.17) is 0 Å². The van der Waals surface area contributed by atoms with Gasteiger partial charge in [-0.2, -0.15) is 5.10 Å². The summed E-state index contributed by atoms with van der Waals surface area (Å²) in [5.41, 5.74) is 2.37. The topological polar surface area (TPSA) is 63.8 Å². The summed E-state index contributed by atoms with van der Waals surface area (Å²) in [5.74, 6) is 2.82. The number of nitrogens with zero attached hydrogens (tertiary/aromatic N) is 6. The Labute approximate surface area is 159 Å². The van der Waals surface area contributed by atoms with Crippen LogP contribution in [0, 0.1) is 0 Å². The normalized spacial score (nSPS) is 18.5. The Morgan fingerprint density at radius 2 is 1.89 bits per heavy atom. The van der Waals surface area contributed by atoms with Gasteiger partial charge in [0, 0.05) is 37.3 Å². The van der Waals surface area contributed by atoms with E-state index < -0.39 is 0 Å². The summed E-state index contributed by atoms with van der Waals surface area (Å²) in [6.07, 6.45) is 6.43. The van der Waals surface area contributed by atoms with Crippen molar-refractivity contribution in [3.8, 4) is 5.69 Å². The monoisotopic (exact) mass is 363 g/mol. The Kier molecular flexibility index (Phi) is 4.47. The number of para-hydroxylation sites is 1. The summed E-state index contributed by atoms with van der Waals surface area (Å²) >= 11 is 0. The second-order valence-corrected chi connectivity index (χ2v) is 7.48. The highest BCUT2D eigenvalue weighted by Crippen LogP contribution is 2.28. The van der Waals surface area contributed by atoms with Gasteiger partial charge in [-0.15, -0.1) is 10.2 Å². The zero-order chi connectivity index (χ0) is 18.1. The summed E-state index contributed by atoms with van der Waals surface area (Å²) in [6, 6.07) is 10.3. The van der Waals surface area contributed by atoms with E-state index in [2.05, 4.69) is 48.4 Å². The molecule has 5 rings (SSSR count). The van der Waals surface area contributed by atoms with E-state index in [1.54, 1.807) is 0 Å². The molecule has 1 fully saturated rings. The van der Waals surface area contributed by atoms with Gasteiger partial charge in [-0.1, -0.05) is 18.2 Å². The standard InChI is InChI=1S/C20H25N7/c1-2-4-18(5-3-1)27-15-16(12-22-27)14-25-9-6-17(7-10-25)20-24-23-19-13-21-8-11-26(19)20/h1-5,12,15,17,21H,6-11,13-14H2. The molecule has 7 heteroatoms. The van der Waals surface area contributed by atoms with Crippen molar-refractivity contribution in [2.24, 2.45) is 0 Å². The van der Waals surface area contributed by atoms with Gasteiger partial charge in [0.25, 0.3) is 0 Å². The molecule has 2 aromatic heterocycles. The molecule has 1 saturated heterocycles. The lowest BCUT2D eigenvalue weighted by molar-refractivity contribution is 0.199. The van der Waals surface area contributed by atoms with Crippen LogP contribution in [0.25, 0.3) is 5.69 Å². The highest BCUT2D eigenvalue weighted by molar-refractivity contribution is 5.30. The molecule has 2 aliphatic rings. The van der Waals surface area contributed by atoms with Gasteiger partial charge in [0.05, 0.1) is 18.4 Å². The lowest BCUT2D eigenvalue weighted by atomic mass is 9.95. The molecule has 0 radical (unpaired) electrons. The maximum atomic E-state index is 4.52. The van der Waals surface area contributed by atoms with Crippen LogP contribution in [0.5, 0.6) is 0 Å². The second-order valence-electron chi connectivity index (χ2n) is 7.48. The number of piperidine rings is 1. The van der Waals surface area contributed by atoms with Gasteiger partial charge >= 0.3 is 0 Å². The number of likely N-dealkylation sites (tertiary alicyclic amines) is 1. The van der Waals surface area contributed by atoms with E-state index in [9.17, 15) is 0 Å². The summed E-state index contributed by atoms with van der Waals surface area (Å²) < 4.78 is 4.29. The van der Waals surface area contributed by atoms with Crippen LogP contribution in [0.2, 0.25) is 0 Å². The van der Waals surface area contributed by atoms with Gasteiger partial charge < -0.3 is 9.88 Å². The molecule has 4 heterocycles. The number of fused-ring (bicyclic) bond motifs is 1. The minimum Gasteiger partial charge on any atom is -0.312 e. The fraction of sp³-hybridized carbons (Fsp3) is 0.450. The predicted molar refractivity (Wildman–Crippen MR) is 103 cm³/mol. The van der Waals surface area contributed by atoms with Gasteiger partial charge in [0.1, 0.15) is 11.6 Å². The molecular formula is C20H25N7. The van der Waals surface area contributed by atoms with Crippen LogP contribution in [0.1, 0.15) is 36.0 Å². The Balaban J connectivity index is 1.20. The van der Waals surface area contributed by atoms with Crippen molar-refractivity contribution in [3.63, 3.8) is 0 Å². The van der Waals surface area contributed by atoms with Crippen LogP contribution >= 0.6 is 0 Å². The largest absolute Gasteiger partial charge is 0.312 e. The first-order chi connectivity index (χ1) is 13.4. The summed E-state index contributed by atoms with van der Waals surface area (Å²) in [4.78, 5) is 2.53. The van der Waals surface area contributed by atoms with E-state index in [0.29, 0.717) is 5.92 Å². The molecule has 3 aromatic rings. The fourth-order valence-corrected chi connectivity index (χ4v) is 4.19. The number of rotatable bonds is 4. The minimum absolute atomic E-state index is 0.535. The lowest BCUT2D eigenvalue weighted by Gasteiger charge is -2.31. The first kappa shape index (κ1) is 16.6. The summed E-state index contributed by atoms with van der Waals surface area (Å²) in [7, 11) is 0. The van der Waals surface area contributed by atoms with Gasteiger partial charge in [-0.05, 0) is 38.1 Å². The molecular weight excluding hydrogens is 338 g/mol. The molecule has 140 valence electrons. The van der Waals surface area contributed by atoms with Gasteiger partial charge in [-0.3, -0.25) is 4.90 Å². The van der Waals surface area contributed by atoms with Crippen LogP contribution in [-0.4, -0.2) is 49.1 Å². The summed E-state index contributed by atoms with van der Waals surface area (Å²) in [5, 5.41) is 16.8. The molecule has 27 heavy (non-hydrogen) atoms. The number of benzene rings is 1. The predicted octanol–water partition coefficient (Wildman–Crippen LogP) is 1.95. The Morgan fingerprint density at radius 3 is 2.74 bits per heavy atom. The van der Waals surface area contributed by atoms with Crippen LogP contribution in [-0.2, 0) is 19.6 Å². The first-order valence-electron chi connectivity index (χ1n) is 9.81. The van der Waals surface area contributed by atoms with E-state index in [0.717, 1.165) is 63.6 Å². The van der Waals surface area contributed by atoms with Crippen LogP contribution in [0.3, 0.4) is 0 Å². The molecule has 0 spiro atoms. The van der Waals surface area contributed by atoms with Crippen molar-refractivity contribution < 1.29 is 0 Å². The maximum Gasteiger partial charge on any atom is 0.147 e. The van der Waals surface area contributed by atoms with Crippen molar-refractivity contribution in [2.75, 3.05) is 19.6 Å². The maximum absolute atomic E-state index is 4.52. The van der Waals surface area contributed by atoms with Crippen LogP contribution < -0.4 is 5.32 Å². The van der Waals surface area contributed by atoms with Crippen LogP contribution in [0.15, 0.2) is 42.7 Å². The van der Waals surface area contributed by atoms with Crippen molar-refractivity contribution in [2.45, 2.75) is 38.4 Å². The van der Waals surface area contributed by atoms with Gasteiger partial charge in [-0.25, -0.2) is 4.68 Å². The third kappa shape index (κ3) is 3.40. The molecule has 0 atom stereocenters. The molecule has 0 bridgehead atoms. The van der Waals surface area contributed by atoms with Gasteiger partial charge in [0.15, 0.2) is 0 Å². The smallest absolute Gasteiger partial charge is 0.147 e. The molecule has 2 aliphatic heterocycles. The highest BCUT2D eigenvalue weighted by atomic mass is 15.3. The summed E-state index contributed by atoms with van der Waals surface area (Å²) in [6.45, 7) is 6.01. The molecule has 0 saturated carbocycles. The lowest BCUT2D eigenvalue weighted by Crippen LogP contribution is -2.34. The molecule has 7 nitrogen and oxygen atoms in total. The second kappa shape index (κ2) is 7.25. The minimum atomic E-state index is 0.535. The molecule has 1 aromatic carbocycles. The molecule has 0 amide bonds. The van der Waals surface area contributed by atoms with E-state index in [1.165, 1.54) is 11.4 Å². The Hall–Kier alpha value is -2.51. The molecule has 0 aliphatic carbocycles. The molecule has 1 N–H and O–H groups in total. The first-order valence-corrected chi connectivity index (χ1v) is 9.81. The quantitative estimate of drug-likeness (QED) is 0.768. The number of hydrogen-bond acceptors (Lipinski definition) is 5. The average Bonchev–Trinajstić information content (AvgIpc) is 3.37. The number of hydrogen-bond donors (Lipinski definition) is 1. The number of aromatic nitrogens is 5. The zero-order valence-electron chi connectivity index (χ0n) is 15.5. The Morgan fingerprint density at radius 1 is 1.04 bits per heavy atom.